The van der Waals surface area contributed by atoms with Crippen molar-refractivity contribution in [3.8, 4) is 11.5 Å². The van der Waals surface area contributed by atoms with Crippen molar-refractivity contribution in [3.05, 3.63) is 80.8 Å². The first kappa shape index (κ1) is 23.0. The number of fused-ring (bicyclic) bond motifs is 1. The molecule has 2 aromatic heterocycles. The van der Waals surface area contributed by atoms with E-state index in [-0.39, 0.29) is 27.9 Å². The highest BCUT2D eigenvalue weighted by Crippen LogP contribution is 2.38. The van der Waals surface area contributed by atoms with Crippen LogP contribution in [0.5, 0.6) is 11.5 Å². The quantitative estimate of drug-likeness (QED) is 0.293. The van der Waals surface area contributed by atoms with E-state index in [1.807, 2.05) is 6.07 Å². The number of methoxy groups -OCH3 is 1. The van der Waals surface area contributed by atoms with Crippen LogP contribution in [-0.2, 0) is 4.79 Å². The van der Waals surface area contributed by atoms with Crippen molar-refractivity contribution in [1.82, 2.24) is 9.99 Å². The van der Waals surface area contributed by atoms with E-state index < -0.39 is 11.9 Å². The van der Waals surface area contributed by atoms with Crippen LogP contribution in [0.4, 0.5) is 0 Å². The number of halogens is 1. The van der Waals surface area contributed by atoms with E-state index in [9.17, 15) is 9.59 Å². The topological polar surface area (TPSA) is 117 Å². The highest BCUT2D eigenvalue weighted by molar-refractivity contribution is 8.27. The maximum absolute atomic E-state index is 12.7. The Bertz CT molecular complexity index is 1450. The first-order valence-electron chi connectivity index (χ1n) is 9.98. The largest absolute Gasteiger partial charge is 0.493 e. The Morgan fingerprint density at radius 1 is 1.26 bits per heavy atom. The van der Waals surface area contributed by atoms with Crippen molar-refractivity contribution in [1.29, 1.82) is 5.41 Å². The number of carbonyl (C=O) groups is 2. The van der Waals surface area contributed by atoms with Gasteiger partial charge in [0.15, 0.2) is 17.3 Å². The Kier molecular flexibility index (Phi) is 6.20. The van der Waals surface area contributed by atoms with E-state index >= 15 is 0 Å². The lowest BCUT2D eigenvalue weighted by atomic mass is 10.1. The number of hydrogen-bond donors (Lipinski definition) is 1. The molecule has 0 atom stereocenters. The minimum absolute atomic E-state index is 0.0204. The Balaban J connectivity index is 1.45. The number of ether oxygens (including phenoxy) is 2. The fourth-order valence-electron chi connectivity index (χ4n) is 3.22. The molecule has 1 N–H and O–H groups in total. The molecule has 174 valence electrons. The molecule has 12 heteroatoms. The molecule has 2 aliphatic rings. The Hall–Kier alpha value is -3.80. The van der Waals surface area contributed by atoms with Crippen molar-refractivity contribution >= 4 is 68.7 Å². The number of thiophene rings is 1. The molecular weight excluding hydrogens is 510 g/mol. The molecule has 9 nitrogen and oxygen atoms in total. The number of thioether (sulfide) groups is 1. The standard InChI is InChI=1S/C23H14ClN5O4S2/c1-32-16-10-12(9-15(24)18(16)33-22(31)17-5-3-7-34-17)8-14-19(25)29-23(27-20(14)30)35-21(28-29)13-4-2-6-26-11-13/h2-11,25H,1H3. The fraction of sp³-hybridized carbons (Fsp3) is 0.0435. The number of nitrogens with zero attached hydrogens (tertiary/aromatic N) is 4. The number of benzene rings is 1. The van der Waals surface area contributed by atoms with E-state index in [0.717, 1.165) is 5.56 Å². The van der Waals surface area contributed by atoms with Crippen molar-refractivity contribution < 1.29 is 19.1 Å². The summed E-state index contributed by atoms with van der Waals surface area (Å²) >= 11 is 8.82. The third kappa shape index (κ3) is 4.48. The van der Waals surface area contributed by atoms with Crippen LogP contribution in [0, 0.1) is 5.41 Å². The number of hydrogen-bond acceptors (Lipinski definition) is 9. The lowest BCUT2D eigenvalue weighted by Gasteiger charge is -2.20. The molecule has 5 rings (SSSR count). The molecule has 0 spiro atoms. The van der Waals surface area contributed by atoms with Crippen molar-refractivity contribution in [2.24, 2.45) is 10.1 Å². The van der Waals surface area contributed by atoms with Gasteiger partial charge in [-0.1, -0.05) is 17.7 Å². The Morgan fingerprint density at radius 3 is 2.83 bits per heavy atom. The first-order valence-corrected chi connectivity index (χ1v) is 12.1. The summed E-state index contributed by atoms with van der Waals surface area (Å²) in [4.78, 5) is 33.7. The third-order valence-electron chi connectivity index (χ3n) is 4.84. The van der Waals surface area contributed by atoms with Crippen LogP contribution in [0.3, 0.4) is 0 Å². The van der Waals surface area contributed by atoms with E-state index in [0.29, 0.717) is 20.7 Å². The average molecular weight is 524 g/mol. The normalized spacial score (nSPS) is 16.2. The van der Waals surface area contributed by atoms with Gasteiger partial charge >= 0.3 is 5.97 Å². The molecule has 0 fully saturated rings. The second-order valence-electron chi connectivity index (χ2n) is 7.07. The second-order valence-corrected chi connectivity index (χ2v) is 9.38. The van der Waals surface area contributed by atoms with Crippen LogP contribution in [-0.4, -0.2) is 45.0 Å². The highest BCUT2D eigenvalue weighted by atomic mass is 35.5. The molecule has 1 amide bonds. The highest BCUT2D eigenvalue weighted by Gasteiger charge is 2.36. The molecule has 1 aromatic carbocycles. The molecule has 4 heterocycles. The van der Waals surface area contributed by atoms with Crippen molar-refractivity contribution in [3.63, 3.8) is 0 Å². The number of pyridine rings is 1. The van der Waals surface area contributed by atoms with Gasteiger partial charge in [-0.15, -0.1) is 11.3 Å². The summed E-state index contributed by atoms with van der Waals surface area (Å²) in [5.74, 6) is -1.02. The molecule has 0 bridgehead atoms. The second kappa shape index (κ2) is 9.45. The van der Waals surface area contributed by atoms with Gasteiger partial charge in [0.1, 0.15) is 9.92 Å². The number of carbonyl (C=O) groups excluding carboxylic acids is 2. The number of esters is 1. The van der Waals surface area contributed by atoms with Gasteiger partial charge in [0.25, 0.3) is 5.91 Å². The lowest BCUT2D eigenvalue weighted by Crippen LogP contribution is -2.35. The molecule has 0 aliphatic carbocycles. The van der Waals surface area contributed by atoms with Crippen LogP contribution >= 0.6 is 34.7 Å². The van der Waals surface area contributed by atoms with E-state index in [1.165, 1.54) is 47.4 Å². The van der Waals surface area contributed by atoms with Gasteiger partial charge in [-0.05, 0) is 59.1 Å². The first-order chi connectivity index (χ1) is 16.9. The summed E-state index contributed by atoms with van der Waals surface area (Å²) in [5, 5.41) is 17.0. The minimum atomic E-state index is -0.584. The predicted octanol–water partition coefficient (Wildman–Crippen LogP) is 4.69. The number of aromatic nitrogens is 1. The van der Waals surface area contributed by atoms with Crippen LogP contribution in [0.25, 0.3) is 6.08 Å². The predicted molar refractivity (Wildman–Crippen MR) is 136 cm³/mol. The van der Waals surface area contributed by atoms with Crippen LogP contribution in [0.1, 0.15) is 20.8 Å². The molecule has 0 radical (unpaired) electrons. The van der Waals surface area contributed by atoms with Crippen LogP contribution < -0.4 is 9.47 Å². The molecule has 0 saturated carbocycles. The summed E-state index contributed by atoms with van der Waals surface area (Å²) in [5.41, 5.74) is 1.23. The maximum Gasteiger partial charge on any atom is 0.353 e. The fourth-order valence-corrected chi connectivity index (χ4v) is 4.96. The van der Waals surface area contributed by atoms with Crippen LogP contribution in [0.15, 0.2) is 69.8 Å². The summed E-state index contributed by atoms with van der Waals surface area (Å²) in [6, 6.07) is 10.1. The minimum Gasteiger partial charge on any atom is -0.493 e. The van der Waals surface area contributed by atoms with Gasteiger partial charge in [-0.25, -0.2) is 4.79 Å². The summed E-state index contributed by atoms with van der Waals surface area (Å²) in [7, 11) is 1.41. The van der Waals surface area contributed by atoms with E-state index in [1.54, 1.807) is 42.0 Å². The SMILES string of the molecule is COc1cc(C=C2C(=N)N3N=C(c4cccnc4)SC3=NC2=O)cc(Cl)c1OC(=O)c1cccs1. The molecule has 2 aliphatic heterocycles. The summed E-state index contributed by atoms with van der Waals surface area (Å²) in [6.07, 6.45) is 4.76. The van der Waals surface area contributed by atoms with Gasteiger partial charge in [-0.2, -0.15) is 15.1 Å². The maximum atomic E-state index is 12.7. The average Bonchev–Trinajstić information content (AvgIpc) is 3.54. The van der Waals surface area contributed by atoms with Crippen molar-refractivity contribution in [2.75, 3.05) is 7.11 Å². The van der Waals surface area contributed by atoms with Gasteiger partial charge in [0, 0.05) is 18.0 Å². The number of amidine groups is 2. The number of aliphatic imine (C=N–C) groups is 1. The molecule has 0 unspecified atom stereocenters. The molecule has 0 saturated heterocycles. The zero-order chi connectivity index (χ0) is 24.5. The Labute approximate surface area is 212 Å². The number of nitrogens with one attached hydrogen (secondary N) is 1. The number of rotatable bonds is 5. The summed E-state index contributed by atoms with van der Waals surface area (Å²) in [6.45, 7) is 0. The zero-order valence-corrected chi connectivity index (χ0v) is 20.3. The monoisotopic (exact) mass is 523 g/mol. The number of hydrazone groups is 1. The summed E-state index contributed by atoms with van der Waals surface area (Å²) < 4.78 is 10.8. The third-order valence-corrected chi connectivity index (χ3v) is 6.93. The van der Waals surface area contributed by atoms with Gasteiger partial charge in [0.05, 0.1) is 17.7 Å². The van der Waals surface area contributed by atoms with Gasteiger partial charge < -0.3 is 9.47 Å². The smallest absolute Gasteiger partial charge is 0.353 e. The van der Waals surface area contributed by atoms with Gasteiger partial charge in [-0.3, -0.25) is 15.2 Å². The van der Waals surface area contributed by atoms with Crippen molar-refractivity contribution in [2.45, 2.75) is 0 Å². The molecular formula is C23H14ClN5O4S2. The molecule has 35 heavy (non-hydrogen) atoms. The number of amides is 1. The van der Waals surface area contributed by atoms with Crippen LogP contribution in [0.2, 0.25) is 5.02 Å². The van der Waals surface area contributed by atoms with Gasteiger partial charge in [0.2, 0.25) is 5.17 Å². The molecule has 3 aromatic rings. The zero-order valence-electron chi connectivity index (χ0n) is 17.9. The lowest BCUT2D eigenvalue weighted by molar-refractivity contribution is -0.114. The van der Waals surface area contributed by atoms with E-state index in [4.69, 9.17) is 26.5 Å². The Morgan fingerprint density at radius 2 is 2.11 bits per heavy atom. The van der Waals surface area contributed by atoms with E-state index in [2.05, 4.69) is 15.1 Å².